The van der Waals surface area contributed by atoms with Crippen molar-refractivity contribution in [2.45, 2.75) is 32.5 Å². The summed E-state index contributed by atoms with van der Waals surface area (Å²) in [7, 11) is 1.84. The maximum atomic E-state index is 11.9. The van der Waals surface area contributed by atoms with Gasteiger partial charge in [0.15, 0.2) is 0 Å². The molecule has 1 amide bonds. The molecule has 2 rings (SSSR count). The zero-order valence-electron chi connectivity index (χ0n) is 13.9. The van der Waals surface area contributed by atoms with E-state index in [9.17, 15) is 4.79 Å². The molecule has 1 fully saturated rings. The van der Waals surface area contributed by atoms with Gasteiger partial charge in [-0.15, -0.1) is 24.8 Å². The van der Waals surface area contributed by atoms with Crippen LogP contribution < -0.4 is 15.5 Å². The molecule has 1 aliphatic heterocycles. The average molecular weight is 364 g/mol. The van der Waals surface area contributed by atoms with Gasteiger partial charge in [0, 0.05) is 26.1 Å². The molecule has 5 nitrogen and oxygen atoms in total. The lowest BCUT2D eigenvalue weighted by atomic mass is 10.1. The SMILES string of the molecule is CNCCC(=O)Nc1ccccc1N1CC(C)OC(C)C1.Cl.Cl. The number of para-hydroxylation sites is 2. The number of hydrogen-bond acceptors (Lipinski definition) is 4. The zero-order valence-corrected chi connectivity index (χ0v) is 15.5. The number of morpholine rings is 1. The van der Waals surface area contributed by atoms with Gasteiger partial charge >= 0.3 is 0 Å². The monoisotopic (exact) mass is 363 g/mol. The van der Waals surface area contributed by atoms with Crippen molar-refractivity contribution in [1.82, 2.24) is 5.32 Å². The predicted octanol–water partition coefficient (Wildman–Crippen LogP) is 2.69. The second kappa shape index (κ2) is 10.7. The number of benzene rings is 1. The summed E-state index contributed by atoms with van der Waals surface area (Å²) in [6.45, 7) is 6.52. The molecule has 1 saturated heterocycles. The lowest BCUT2D eigenvalue weighted by molar-refractivity contribution is -0.116. The van der Waals surface area contributed by atoms with Crippen LogP contribution in [0.3, 0.4) is 0 Å². The fourth-order valence-electron chi connectivity index (χ4n) is 2.68. The van der Waals surface area contributed by atoms with Crippen molar-refractivity contribution in [3.8, 4) is 0 Å². The molecular formula is C16H27Cl2N3O2. The molecule has 1 aromatic carbocycles. The molecule has 132 valence electrons. The summed E-state index contributed by atoms with van der Waals surface area (Å²) in [6.07, 6.45) is 0.865. The molecule has 2 unspecified atom stereocenters. The van der Waals surface area contributed by atoms with Gasteiger partial charge in [0.05, 0.1) is 23.6 Å². The highest BCUT2D eigenvalue weighted by Crippen LogP contribution is 2.28. The summed E-state index contributed by atoms with van der Waals surface area (Å²) in [5.74, 6) is 0.0335. The van der Waals surface area contributed by atoms with Gasteiger partial charge in [-0.05, 0) is 33.0 Å². The number of nitrogens with one attached hydrogen (secondary N) is 2. The molecule has 7 heteroatoms. The summed E-state index contributed by atoms with van der Waals surface area (Å²) < 4.78 is 5.77. The number of anilines is 2. The van der Waals surface area contributed by atoms with Crippen LogP contribution in [-0.4, -0.2) is 44.8 Å². The van der Waals surface area contributed by atoms with Crippen LogP contribution >= 0.6 is 24.8 Å². The highest BCUT2D eigenvalue weighted by atomic mass is 35.5. The second-order valence-electron chi connectivity index (χ2n) is 5.58. The van der Waals surface area contributed by atoms with E-state index >= 15 is 0 Å². The van der Waals surface area contributed by atoms with Crippen LogP contribution in [-0.2, 0) is 9.53 Å². The van der Waals surface area contributed by atoms with Gasteiger partial charge < -0.3 is 20.3 Å². The van der Waals surface area contributed by atoms with E-state index in [0.29, 0.717) is 13.0 Å². The Kier molecular flexibility index (Phi) is 10.2. The summed E-state index contributed by atoms with van der Waals surface area (Å²) in [5, 5.41) is 6.00. The third kappa shape index (κ3) is 6.55. The van der Waals surface area contributed by atoms with Crippen LogP contribution in [0.5, 0.6) is 0 Å². The molecule has 0 radical (unpaired) electrons. The van der Waals surface area contributed by atoms with E-state index in [1.54, 1.807) is 0 Å². The molecule has 1 aromatic rings. The van der Waals surface area contributed by atoms with Crippen LogP contribution in [0.4, 0.5) is 11.4 Å². The fraction of sp³-hybridized carbons (Fsp3) is 0.562. The van der Waals surface area contributed by atoms with Crippen LogP contribution in [0, 0.1) is 0 Å². The lowest BCUT2D eigenvalue weighted by Crippen LogP contribution is -2.45. The number of carbonyl (C=O) groups excluding carboxylic acids is 1. The normalized spacial score (nSPS) is 20.2. The van der Waals surface area contributed by atoms with Gasteiger partial charge in [-0.3, -0.25) is 4.79 Å². The average Bonchev–Trinajstić information content (AvgIpc) is 2.44. The number of halogens is 2. The molecule has 0 aromatic heterocycles. The van der Waals surface area contributed by atoms with E-state index in [1.165, 1.54) is 0 Å². The first-order chi connectivity index (χ1) is 10.1. The van der Waals surface area contributed by atoms with E-state index in [4.69, 9.17) is 4.74 Å². The first-order valence-electron chi connectivity index (χ1n) is 7.54. The molecule has 1 aliphatic rings. The quantitative estimate of drug-likeness (QED) is 0.844. The van der Waals surface area contributed by atoms with Crippen molar-refractivity contribution < 1.29 is 9.53 Å². The van der Waals surface area contributed by atoms with Gasteiger partial charge in [0.25, 0.3) is 0 Å². The van der Waals surface area contributed by atoms with Crippen molar-refractivity contribution in [1.29, 1.82) is 0 Å². The number of amides is 1. The number of hydrogen-bond donors (Lipinski definition) is 2. The molecule has 2 N–H and O–H groups in total. The Hall–Kier alpha value is -1.01. The topological polar surface area (TPSA) is 53.6 Å². The Morgan fingerprint density at radius 2 is 1.83 bits per heavy atom. The summed E-state index contributed by atoms with van der Waals surface area (Å²) in [4.78, 5) is 14.2. The zero-order chi connectivity index (χ0) is 15.2. The molecule has 0 spiro atoms. The van der Waals surface area contributed by atoms with Gasteiger partial charge in [0.1, 0.15) is 0 Å². The number of ether oxygens (including phenoxy) is 1. The Morgan fingerprint density at radius 1 is 1.22 bits per heavy atom. The standard InChI is InChI=1S/C16H25N3O2.2ClH/c1-12-10-19(11-13(2)21-12)15-7-5-4-6-14(15)18-16(20)8-9-17-3;;/h4-7,12-13,17H,8-11H2,1-3H3,(H,18,20);2*1H. The van der Waals surface area contributed by atoms with Crippen molar-refractivity contribution >= 4 is 42.1 Å². The third-order valence-corrected chi connectivity index (χ3v) is 3.54. The molecule has 23 heavy (non-hydrogen) atoms. The molecular weight excluding hydrogens is 337 g/mol. The Morgan fingerprint density at radius 3 is 2.43 bits per heavy atom. The smallest absolute Gasteiger partial charge is 0.225 e. The fourth-order valence-corrected chi connectivity index (χ4v) is 2.68. The maximum absolute atomic E-state index is 11.9. The first-order valence-corrected chi connectivity index (χ1v) is 7.54. The molecule has 0 aliphatic carbocycles. The molecule has 1 heterocycles. The van der Waals surface area contributed by atoms with Crippen LogP contribution in [0.25, 0.3) is 0 Å². The van der Waals surface area contributed by atoms with Crippen molar-refractivity contribution in [2.75, 3.05) is 36.9 Å². The number of carbonyl (C=O) groups is 1. The second-order valence-corrected chi connectivity index (χ2v) is 5.58. The highest BCUT2D eigenvalue weighted by molar-refractivity contribution is 5.94. The van der Waals surface area contributed by atoms with E-state index in [0.717, 1.165) is 24.5 Å². The third-order valence-electron chi connectivity index (χ3n) is 3.54. The van der Waals surface area contributed by atoms with Crippen molar-refractivity contribution in [2.24, 2.45) is 0 Å². The number of rotatable bonds is 5. The van der Waals surface area contributed by atoms with Crippen LogP contribution in [0.2, 0.25) is 0 Å². The Balaban J connectivity index is 0.00000242. The Labute approximate surface area is 151 Å². The van der Waals surface area contributed by atoms with Gasteiger partial charge in [-0.2, -0.15) is 0 Å². The minimum Gasteiger partial charge on any atom is -0.372 e. The predicted molar refractivity (Wildman–Crippen MR) is 100 cm³/mol. The van der Waals surface area contributed by atoms with E-state index in [2.05, 4.69) is 35.4 Å². The summed E-state index contributed by atoms with van der Waals surface area (Å²) in [5.41, 5.74) is 1.94. The maximum Gasteiger partial charge on any atom is 0.225 e. The molecule has 0 bridgehead atoms. The minimum absolute atomic E-state index is 0. The summed E-state index contributed by atoms with van der Waals surface area (Å²) in [6, 6.07) is 7.96. The lowest BCUT2D eigenvalue weighted by Gasteiger charge is -2.37. The van der Waals surface area contributed by atoms with E-state index < -0.39 is 0 Å². The first kappa shape index (κ1) is 22.0. The highest BCUT2D eigenvalue weighted by Gasteiger charge is 2.24. The van der Waals surface area contributed by atoms with Gasteiger partial charge in [0.2, 0.25) is 5.91 Å². The van der Waals surface area contributed by atoms with Gasteiger partial charge in [-0.25, -0.2) is 0 Å². The van der Waals surface area contributed by atoms with Crippen LogP contribution in [0.1, 0.15) is 20.3 Å². The van der Waals surface area contributed by atoms with Crippen molar-refractivity contribution in [3.05, 3.63) is 24.3 Å². The van der Waals surface area contributed by atoms with E-state index in [1.807, 2.05) is 25.2 Å². The van der Waals surface area contributed by atoms with Crippen LogP contribution in [0.15, 0.2) is 24.3 Å². The summed E-state index contributed by atoms with van der Waals surface area (Å²) >= 11 is 0. The van der Waals surface area contributed by atoms with E-state index in [-0.39, 0.29) is 42.9 Å². The van der Waals surface area contributed by atoms with Crippen molar-refractivity contribution in [3.63, 3.8) is 0 Å². The molecule has 0 saturated carbocycles. The molecule has 2 atom stereocenters. The van der Waals surface area contributed by atoms with Gasteiger partial charge in [-0.1, -0.05) is 12.1 Å². The Bertz CT molecular complexity index is 478. The number of nitrogens with zero attached hydrogens (tertiary/aromatic N) is 1. The largest absolute Gasteiger partial charge is 0.372 e. The minimum atomic E-state index is 0.